The van der Waals surface area contributed by atoms with Crippen molar-refractivity contribution in [3.63, 3.8) is 0 Å². The predicted octanol–water partition coefficient (Wildman–Crippen LogP) is 3.50. The van der Waals surface area contributed by atoms with E-state index in [-0.39, 0.29) is 46.8 Å². The summed E-state index contributed by atoms with van der Waals surface area (Å²) in [6.45, 7) is 7.15. The van der Waals surface area contributed by atoms with Crippen molar-refractivity contribution in [2.24, 2.45) is 5.92 Å². The smallest absolute Gasteiger partial charge is 0.261 e. The molecule has 0 bridgehead atoms. The molecule has 1 heterocycles. The number of likely N-dealkylation sites (N-methyl/N-ethyl adjacent to an activating group) is 1. The molecule has 0 saturated heterocycles. The number of anilines is 1. The molecule has 0 aliphatic carbocycles. The van der Waals surface area contributed by atoms with Crippen molar-refractivity contribution in [1.82, 2.24) is 10.2 Å². The zero-order valence-corrected chi connectivity index (χ0v) is 23.5. The molecule has 1 aliphatic heterocycles. The summed E-state index contributed by atoms with van der Waals surface area (Å²) in [4.78, 5) is 15.7. The van der Waals surface area contributed by atoms with Gasteiger partial charge in [0.05, 0.1) is 35.3 Å². The molecule has 2 aromatic rings. The van der Waals surface area contributed by atoms with Crippen molar-refractivity contribution >= 4 is 21.6 Å². The Morgan fingerprint density at radius 1 is 1.13 bits per heavy atom. The highest BCUT2D eigenvalue weighted by atomic mass is 32.2. The number of rotatable bonds is 7. The molecule has 4 atom stereocenters. The standard InChI is InChI=1S/C28H41N3O6S/c1-20-18-31(21(2)19-32)28(33)25-16-23(30-38(34,35)24-11-6-5-7-12-24)13-14-26(25)37-22(3)10-8-9-15-36-27(20)17-29-4/h5-7,11-14,16,20-22,27,29-30,32H,8-10,15,17-19H2,1-4H3/t20-,21-,22+,27+/m0/s1. The summed E-state index contributed by atoms with van der Waals surface area (Å²) in [5, 5.41) is 13.2. The monoisotopic (exact) mass is 547 g/mol. The van der Waals surface area contributed by atoms with Crippen LogP contribution in [0.3, 0.4) is 0 Å². The molecule has 0 radical (unpaired) electrons. The molecule has 210 valence electrons. The third-order valence-corrected chi connectivity index (χ3v) is 8.16. The zero-order valence-electron chi connectivity index (χ0n) is 22.7. The molecule has 10 heteroatoms. The van der Waals surface area contributed by atoms with E-state index in [2.05, 4.69) is 10.0 Å². The van der Waals surface area contributed by atoms with Crippen molar-refractivity contribution in [2.45, 2.75) is 63.2 Å². The van der Waals surface area contributed by atoms with Crippen LogP contribution in [-0.2, 0) is 14.8 Å². The van der Waals surface area contributed by atoms with Crippen LogP contribution < -0.4 is 14.8 Å². The van der Waals surface area contributed by atoms with Crippen LogP contribution in [0.4, 0.5) is 5.69 Å². The molecule has 2 aromatic carbocycles. The highest BCUT2D eigenvalue weighted by Gasteiger charge is 2.30. The number of hydrogen-bond donors (Lipinski definition) is 3. The lowest BCUT2D eigenvalue weighted by Gasteiger charge is -2.34. The van der Waals surface area contributed by atoms with E-state index >= 15 is 0 Å². The Balaban J connectivity index is 2.02. The SMILES string of the molecule is CNC[C@H]1OCCCC[C@@H](C)Oc2ccc(NS(=O)(=O)c3ccccc3)cc2C(=O)N([C@@H](C)CO)C[C@@H]1C. The molecular formula is C28H41N3O6S. The van der Waals surface area contributed by atoms with Crippen molar-refractivity contribution in [2.75, 3.05) is 38.1 Å². The van der Waals surface area contributed by atoms with Gasteiger partial charge in [0.15, 0.2) is 0 Å². The number of ether oxygens (including phenoxy) is 2. The zero-order chi connectivity index (χ0) is 27.7. The lowest BCUT2D eigenvalue weighted by Crippen LogP contribution is -2.47. The Kier molecular flexibility index (Phi) is 11.0. The van der Waals surface area contributed by atoms with Crippen molar-refractivity contribution in [3.05, 3.63) is 54.1 Å². The summed E-state index contributed by atoms with van der Waals surface area (Å²) in [7, 11) is -1.98. The van der Waals surface area contributed by atoms with E-state index in [0.717, 1.165) is 19.3 Å². The van der Waals surface area contributed by atoms with Crippen LogP contribution in [0.1, 0.15) is 50.4 Å². The molecule has 38 heavy (non-hydrogen) atoms. The molecule has 0 aromatic heterocycles. The molecule has 9 nitrogen and oxygen atoms in total. The molecule has 1 aliphatic rings. The van der Waals surface area contributed by atoms with E-state index in [4.69, 9.17) is 9.47 Å². The van der Waals surface area contributed by atoms with Crippen LogP contribution >= 0.6 is 0 Å². The van der Waals surface area contributed by atoms with Gasteiger partial charge in [0.2, 0.25) is 0 Å². The van der Waals surface area contributed by atoms with Crippen LogP contribution in [0.15, 0.2) is 53.4 Å². The van der Waals surface area contributed by atoms with Crippen LogP contribution in [0.25, 0.3) is 0 Å². The summed E-state index contributed by atoms with van der Waals surface area (Å²) >= 11 is 0. The summed E-state index contributed by atoms with van der Waals surface area (Å²) in [6, 6.07) is 12.3. The van der Waals surface area contributed by atoms with Gasteiger partial charge in [-0.1, -0.05) is 25.1 Å². The number of aliphatic hydroxyl groups is 1. The Hall–Kier alpha value is -2.66. The van der Waals surface area contributed by atoms with E-state index in [1.54, 1.807) is 42.2 Å². The number of nitrogens with zero attached hydrogens (tertiary/aromatic N) is 1. The van der Waals surface area contributed by atoms with Crippen molar-refractivity contribution in [3.8, 4) is 5.75 Å². The minimum absolute atomic E-state index is 0.0219. The largest absolute Gasteiger partial charge is 0.490 e. The lowest BCUT2D eigenvalue weighted by molar-refractivity contribution is -0.000450. The van der Waals surface area contributed by atoms with Gasteiger partial charge < -0.3 is 24.8 Å². The maximum absolute atomic E-state index is 14.0. The third-order valence-electron chi connectivity index (χ3n) is 6.76. The fourth-order valence-corrected chi connectivity index (χ4v) is 5.56. The van der Waals surface area contributed by atoms with Gasteiger partial charge in [-0.2, -0.15) is 0 Å². The average molecular weight is 548 g/mol. The Bertz CT molecular complexity index is 1140. The van der Waals surface area contributed by atoms with Gasteiger partial charge in [-0.3, -0.25) is 9.52 Å². The second-order valence-corrected chi connectivity index (χ2v) is 11.7. The van der Waals surface area contributed by atoms with Crippen molar-refractivity contribution < 1.29 is 27.8 Å². The number of hydrogen-bond acceptors (Lipinski definition) is 7. The van der Waals surface area contributed by atoms with Gasteiger partial charge in [0.25, 0.3) is 15.9 Å². The summed E-state index contributed by atoms with van der Waals surface area (Å²) < 4.78 is 40.8. The minimum Gasteiger partial charge on any atom is -0.490 e. The average Bonchev–Trinajstić information content (AvgIpc) is 2.90. The van der Waals surface area contributed by atoms with Gasteiger partial charge in [-0.25, -0.2) is 8.42 Å². The maximum atomic E-state index is 14.0. The number of fused-ring (bicyclic) bond motifs is 1. The Morgan fingerprint density at radius 3 is 2.55 bits per heavy atom. The van der Waals surface area contributed by atoms with E-state index in [1.807, 2.05) is 20.9 Å². The molecule has 3 N–H and O–H groups in total. The molecular weight excluding hydrogens is 506 g/mol. The van der Waals surface area contributed by atoms with Crippen molar-refractivity contribution in [1.29, 1.82) is 0 Å². The van der Waals surface area contributed by atoms with Gasteiger partial charge in [0, 0.05) is 31.3 Å². The van der Waals surface area contributed by atoms with Gasteiger partial charge >= 0.3 is 0 Å². The first-order valence-corrected chi connectivity index (χ1v) is 14.7. The molecule has 0 unspecified atom stereocenters. The fraction of sp³-hybridized carbons (Fsp3) is 0.536. The van der Waals surface area contributed by atoms with E-state index < -0.39 is 16.1 Å². The molecule has 0 spiro atoms. The number of carbonyl (C=O) groups is 1. The second-order valence-electron chi connectivity index (χ2n) is 9.99. The highest BCUT2D eigenvalue weighted by molar-refractivity contribution is 7.92. The maximum Gasteiger partial charge on any atom is 0.261 e. The quantitative estimate of drug-likeness (QED) is 0.486. The minimum atomic E-state index is -3.85. The highest BCUT2D eigenvalue weighted by Crippen LogP contribution is 2.29. The topological polar surface area (TPSA) is 117 Å². The second kappa shape index (κ2) is 13.9. The number of amides is 1. The Morgan fingerprint density at radius 2 is 1.87 bits per heavy atom. The van der Waals surface area contributed by atoms with Gasteiger partial charge in [-0.15, -0.1) is 0 Å². The number of aliphatic hydroxyl groups excluding tert-OH is 1. The fourth-order valence-electron chi connectivity index (χ4n) is 4.49. The molecule has 3 rings (SSSR count). The number of sulfonamides is 1. The van der Waals surface area contributed by atoms with Crippen LogP contribution in [0, 0.1) is 5.92 Å². The third kappa shape index (κ3) is 7.92. The predicted molar refractivity (Wildman–Crippen MR) is 148 cm³/mol. The first-order valence-electron chi connectivity index (χ1n) is 13.2. The summed E-state index contributed by atoms with van der Waals surface area (Å²) in [5.41, 5.74) is 0.486. The lowest BCUT2D eigenvalue weighted by atomic mass is 10.0. The normalized spacial score (nSPS) is 22.6. The van der Waals surface area contributed by atoms with E-state index in [0.29, 0.717) is 25.4 Å². The summed E-state index contributed by atoms with van der Waals surface area (Å²) in [5.74, 6) is 0.0149. The molecule has 0 saturated carbocycles. The first kappa shape index (κ1) is 29.9. The van der Waals surface area contributed by atoms with Gasteiger partial charge in [-0.05, 0) is 70.5 Å². The van der Waals surface area contributed by atoms with Gasteiger partial charge in [0.1, 0.15) is 5.75 Å². The van der Waals surface area contributed by atoms with E-state index in [1.165, 1.54) is 18.2 Å². The van der Waals surface area contributed by atoms with Crippen LogP contribution in [0.5, 0.6) is 5.75 Å². The molecule has 0 fully saturated rings. The summed E-state index contributed by atoms with van der Waals surface area (Å²) in [6.07, 6.45) is 2.31. The first-order chi connectivity index (χ1) is 18.2. The van der Waals surface area contributed by atoms with Crippen LogP contribution in [0.2, 0.25) is 0 Å². The van der Waals surface area contributed by atoms with Crippen LogP contribution in [-0.4, -0.2) is 75.9 Å². The molecule has 1 amide bonds. The van der Waals surface area contributed by atoms with E-state index in [9.17, 15) is 18.3 Å². The number of carbonyl (C=O) groups excluding carboxylic acids is 1. The Labute approximate surface area is 226 Å². The number of benzene rings is 2. The number of nitrogens with one attached hydrogen (secondary N) is 2.